The lowest BCUT2D eigenvalue weighted by Crippen LogP contribution is -2.64. The van der Waals surface area contributed by atoms with Crippen LogP contribution in [0, 0.1) is 5.92 Å². The zero-order valence-electron chi connectivity index (χ0n) is 21.6. The number of nitrogens with one attached hydrogen (secondary N) is 1. The summed E-state index contributed by atoms with van der Waals surface area (Å²) >= 11 is 0. The number of hydrogen-bond donors (Lipinski definition) is 2. The molecule has 0 aliphatic carbocycles. The normalized spacial score (nSPS) is 24.9. The van der Waals surface area contributed by atoms with Gasteiger partial charge in [0.15, 0.2) is 0 Å². The van der Waals surface area contributed by atoms with Crippen LogP contribution in [0.15, 0.2) is 41.9 Å². The van der Waals surface area contributed by atoms with Crippen molar-refractivity contribution in [2.75, 3.05) is 6.61 Å². The number of hydrogen-bond acceptors (Lipinski definition) is 5. The number of aliphatic carboxylic acids is 1. The van der Waals surface area contributed by atoms with Gasteiger partial charge in [0.05, 0.1) is 19.1 Å². The molecule has 0 saturated carbocycles. The van der Waals surface area contributed by atoms with Gasteiger partial charge in [-0.3, -0.25) is 14.5 Å². The van der Waals surface area contributed by atoms with Gasteiger partial charge in [0.25, 0.3) is 0 Å². The summed E-state index contributed by atoms with van der Waals surface area (Å²) in [7, 11) is 0. The van der Waals surface area contributed by atoms with Gasteiger partial charge in [-0.15, -0.1) is 11.6 Å². The molecule has 9 heteroatoms. The summed E-state index contributed by atoms with van der Waals surface area (Å²) in [5.74, 6) is -0.685. The average Bonchev–Trinajstić information content (AvgIpc) is 2.80. The predicted molar refractivity (Wildman–Crippen MR) is 136 cm³/mol. The highest BCUT2D eigenvalue weighted by Gasteiger charge is 2.47. The molecule has 3 rings (SSSR count). The average molecular weight is 500 g/mol. The first-order valence-corrected chi connectivity index (χ1v) is 12.4. The van der Waals surface area contributed by atoms with Crippen molar-refractivity contribution in [1.29, 1.82) is 0 Å². The van der Waals surface area contributed by atoms with Crippen LogP contribution in [-0.2, 0) is 14.3 Å². The van der Waals surface area contributed by atoms with Crippen LogP contribution in [-0.4, -0.2) is 51.7 Å². The fourth-order valence-corrected chi connectivity index (χ4v) is 4.79. The number of fused-ring (bicyclic) bond motifs is 1. The second kappa shape index (κ2) is 11.1. The van der Waals surface area contributed by atoms with Crippen molar-refractivity contribution in [2.24, 2.45) is 10.9 Å². The van der Waals surface area contributed by atoms with Crippen molar-refractivity contribution in [3.8, 4) is 5.75 Å². The topological polar surface area (TPSA) is 118 Å². The minimum Gasteiger partial charge on any atom is -0.493 e. The van der Waals surface area contributed by atoms with Crippen molar-refractivity contribution < 1.29 is 29.0 Å². The summed E-state index contributed by atoms with van der Waals surface area (Å²) in [6, 6.07) is 6.83. The summed E-state index contributed by atoms with van der Waals surface area (Å²) in [6.45, 7) is 11.3. The van der Waals surface area contributed by atoms with Crippen LogP contribution >= 0.6 is 0 Å². The second-order valence-corrected chi connectivity index (χ2v) is 10.4. The Morgan fingerprint density at radius 1 is 1.36 bits per heavy atom. The number of ether oxygens (including phenoxy) is 2. The van der Waals surface area contributed by atoms with Gasteiger partial charge in [0, 0.05) is 23.4 Å². The number of carbonyl (C=O) groups excluding carboxylic acids is 2. The van der Waals surface area contributed by atoms with Crippen LogP contribution in [0.3, 0.4) is 0 Å². The van der Waals surface area contributed by atoms with Gasteiger partial charge in [0.1, 0.15) is 11.4 Å². The molecule has 1 aromatic rings. The lowest BCUT2D eigenvalue weighted by Gasteiger charge is -2.48. The minimum atomic E-state index is -0.923. The quantitative estimate of drug-likeness (QED) is 0.492. The summed E-state index contributed by atoms with van der Waals surface area (Å²) in [6.07, 6.45) is 3.41. The maximum absolute atomic E-state index is 13.9. The molecule has 2 N–H and O–H groups in total. The van der Waals surface area contributed by atoms with E-state index in [0.717, 1.165) is 5.56 Å². The molecule has 2 aliphatic rings. The maximum Gasteiger partial charge on any atom is 0.437 e. The Morgan fingerprint density at radius 2 is 2.08 bits per heavy atom. The number of carboxylic acids is 1. The van der Waals surface area contributed by atoms with E-state index in [1.54, 1.807) is 26.8 Å². The van der Waals surface area contributed by atoms with Gasteiger partial charge in [-0.1, -0.05) is 31.2 Å². The Hall–Kier alpha value is -3.36. The van der Waals surface area contributed by atoms with Crippen molar-refractivity contribution in [3.05, 3.63) is 42.5 Å². The molecule has 0 aromatic heterocycles. The molecular weight excluding hydrogens is 462 g/mol. The first kappa shape index (κ1) is 27.2. The number of carboxylic acid groups (broad SMARTS) is 1. The molecule has 2 amide bonds. The van der Waals surface area contributed by atoms with E-state index in [-0.39, 0.29) is 37.2 Å². The van der Waals surface area contributed by atoms with Gasteiger partial charge in [0.2, 0.25) is 11.9 Å². The smallest absolute Gasteiger partial charge is 0.437 e. The fourth-order valence-electron chi connectivity index (χ4n) is 4.79. The van der Waals surface area contributed by atoms with E-state index in [9.17, 15) is 19.5 Å². The number of guanidine groups is 1. The third-order valence-electron chi connectivity index (χ3n) is 6.60. The zero-order chi connectivity index (χ0) is 26.5. The van der Waals surface area contributed by atoms with Crippen LogP contribution < -0.4 is 10.1 Å². The Labute approximate surface area is 212 Å². The fraction of sp³-hybridized carbons (Fsp3) is 0.556. The number of para-hydroxylation sites is 1. The van der Waals surface area contributed by atoms with E-state index >= 15 is 0 Å². The Bertz CT molecular complexity index is 1030. The summed E-state index contributed by atoms with van der Waals surface area (Å²) in [5.41, 5.74) is -0.602. The van der Waals surface area contributed by atoms with E-state index < -0.39 is 29.2 Å². The largest absolute Gasteiger partial charge is 0.493 e. The Kier molecular flexibility index (Phi) is 8.43. The number of carbonyl (C=O) groups is 3. The first-order chi connectivity index (χ1) is 17.0. The number of allylic oxidation sites excluding steroid dienone is 1. The van der Waals surface area contributed by atoms with Crippen LogP contribution in [0.4, 0.5) is 4.79 Å². The maximum atomic E-state index is 13.9. The molecule has 9 nitrogen and oxygen atoms in total. The third-order valence-corrected chi connectivity index (χ3v) is 6.60. The highest BCUT2D eigenvalue weighted by molar-refractivity contribution is 6.04. The molecular formula is C27H37N3O6. The summed E-state index contributed by atoms with van der Waals surface area (Å²) < 4.78 is 11.4. The van der Waals surface area contributed by atoms with Crippen molar-refractivity contribution in [1.82, 2.24) is 10.2 Å². The van der Waals surface area contributed by atoms with Gasteiger partial charge in [-0.25, -0.2) is 4.79 Å². The third kappa shape index (κ3) is 6.44. The first-order valence-electron chi connectivity index (χ1n) is 12.4. The number of rotatable bonds is 8. The van der Waals surface area contributed by atoms with Crippen molar-refractivity contribution in [3.63, 3.8) is 0 Å². The number of nitrogens with zero attached hydrogens (tertiary/aromatic N) is 2. The van der Waals surface area contributed by atoms with E-state index in [2.05, 4.69) is 16.9 Å². The zero-order valence-corrected chi connectivity index (χ0v) is 21.6. The van der Waals surface area contributed by atoms with Gasteiger partial charge in [-0.2, -0.15) is 0 Å². The number of benzene rings is 1. The predicted octanol–water partition coefficient (Wildman–Crippen LogP) is 4.83. The second-order valence-electron chi connectivity index (χ2n) is 10.4. The minimum absolute atomic E-state index is 0.0705. The molecule has 0 radical (unpaired) electrons. The van der Waals surface area contributed by atoms with E-state index in [1.165, 1.54) is 4.90 Å². The monoisotopic (exact) mass is 499 g/mol. The van der Waals surface area contributed by atoms with Gasteiger partial charge in [-0.05, 0) is 52.5 Å². The SMILES string of the molecule is C=CCC[C@]1(CC)CC(=O)N([C@@H]2c3ccccc3OC[C@H]2CCC(=O)O)/C(=N/C(=O)OC(C)(C)C)N1. The molecule has 1 saturated heterocycles. The summed E-state index contributed by atoms with van der Waals surface area (Å²) in [4.78, 5) is 43.8. The van der Waals surface area contributed by atoms with Crippen molar-refractivity contribution >= 4 is 23.9 Å². The van der Waals surface area contributed by atoms with Gasteiger partial charge >= 0.3 is 12.1 Å². The lowest BCUT2D eigenvalue weighted by atomic mass is 9.81. The number of amides is 2. The molecule has 0 unspecified atom stereocenters. The molecule has 0 spiro atoms. The molecule has 0 bridgehead atoms. The number of aliphatic imine (C=N–C) groups is 1. The standard InChI is InChI=1S/C27H37N3O6/c1-6-8-15-27(7-2)16-21(31)30(24(29-27)28-25(34)36-26(3,4)5)23-18(13-14-22(32)33)17-35-20-12-10-9-11-19(20)23/h6,9-12,18,23H,1,7-8,13-17H2,2-5H3,(H,32,33)(H,28,29,34)/t18-,23+,27-/m1/s1. The van der Waals surface area contributed by atoms with E-state index in [1.807, 2.05) is 31.2 Å². The Morgan fingerprint density at radius 3 is 2.72 bits per heavy atom. The van der Waals surface area contributed by atoms with Crippen LogP contribution in [0.2, 0.25) is 0 Å². The lowest BCUT2D eigenvalue weighted by molar-refractivity contribution is -0.137. The molecule has 3 atom stereocenters. The van der Waals surface area contributed by atoms with E-state index in [0.29, 0.717) is 31.4 Å². The molecule has 2 heterocycles. The van der Waals surface area contributed by atoms with Gasteiger partial charge < -0.3 is 19.9 Å². The molecule has 2 aliphatic heterocycles. The van der Waals surface area contributed by atoms with E-state index in [4.69, 9.17) is 9.47 Å². The van der Waals surface area contributed by atoms with Crippen LogP contribution in [0.5, 0.6) is 5.75 Å². The highest BCUT2D eigenvalue weighted by Crippen LogP contribution is 2.43. The molecule has 1 aromatic carbocycles. The van der Waals surface area contributed by atoms with Crippen LogP contribution in [0.25, 0.3) is 0 Å². The van der Waals surface area contributed by atoms with Crippen LogP contribution in [0.1, 0.15) is 77.8 Å². The molecule has 196 valence electrons. The van der Waals surface area contributed by atoms with Crippen molar-refractivity contribution in [2.45, 2.75) is 83.4 Å². The highest BCUT2D eigenvalue weighted by atomic mass is 16.6. The summed E-state index contributed by atoms with van der Waals surface area (Å²) in [5, 5.41) is 12.7. The Balaban J connectivity index is 2.10. The molecule has 36 heavy (non-hydrogen) atoms. The molecule has 1 fully saturated rings.